The maximum Gasteiger partial charge on any atom is 0.238 e. The fourth-order valence-corrected chi connectivity index (χ4v) is 4.27. The number of nitrogens with one attached hydrogen (secondary N) is 3. The lowest BCUT2D eigenvalue weighted by molar-refractivity contribution is -0.117. The number of nitrogens with zero attached hydrogens (tertiary/aromatic N) is 8. The summed E-state index contributed by atoms with van der Waals surface area (Å²) in [5, 5.41) is 19.0. The number of fused-ring (bicyclic) bond motifs is 1. The van der Waals surface area contributed by atoms with E-state index in [9.17, 15) is 4.79 Å². The van der Waals surface area contributed by atoms with Crippen LogP contribution in [0.15, 0.2) is 30.7 Å². The molecule has 1 fully saturated rings. The minimum absolute atomic E-state index is 0.0412. The van der Waals surface area contributed by atoms with Crippen molar-refractivity contribution in [3.05, 3.63) is 36.4 Å². The Bertz CT molecular complexity index is 1380. The van der Waals surface area contributed by atoms with Crippen LogP contribution >= 0.6 is 0 Å². The van der Waals surface area contributed by atoms with E-state index in [1.807, 2.05) is 33.2 Å². The summed E-state index contributed by atoms with van der Waals surface area (Å²) in [6.07, 6.45) is 7.36. The predicted molar refractivity (Wildman–Crippen MR) is 134 cm³/mol. The zero-order valence-electron chi connectivity index (χ0n) is 20.3. The number of aryl methyl sites for hydroxylation is 3. The standard InChI is InChI=1S/C23H29N11O/c1-14-6-5-9-34(14)13-20(35)27-16-10-18(15(2)24-11-16)28-21-17-12-25-23(30-22(17)33(4)31-21)29-19-7-8-26-32(19)3/h7-8,10-12,14H,5-6,9,13H2,1-4H3,(H,27,35)(H,28,31)(H,25,29,30). The van der Waals surface area contributed by atoms with Crippen molar-refractivity contribution in [3.8, 4) is 0 Å². The van der Waals surface area contributed by atoms with Crippen molar-refractivity contribution in [2.24, 2.45) is 14.1 Å². The van der Waals surface area contributed by atoms with E-state index >= 15 is 0 Å². The number of anilines is 5. The van der Waals surface area contributed by atoms with Crippen molar-refractivity contribution < 1.29 is 4.79 Å². The minimum atomic E-state index is -0.0412. The largest absolute Gasteiger partial charge is 0.337 e. The number of hydrogen-bond donors (Lipinski definition) is 3. The molecule has 0 saturated carbocycles. The lowest BCUT2D eigenvalue weighted by Crippen LogP contribution is -2.35. The first kappa shape index (κ1) is 22.7. The summed E-state index contributed by atoms with van der Waals surface area (Å²) >= 11 is 0. The van der Waals surface area contributed by atoms with Crippen molar-refractivity contribution >= 4 is 45.9 Å². The molecule has 5 heterocycles. The van der Waals surface area contributed by atoms with Gasteiger partial charge in [-0.25, -0.2) is 9.67 Å². The zero-order valence-corrected chi connectivity index (χ0v) is 20.3. The van der Waals surface area contributed by atoms with E-state index in [1.165, 1.54) is 0 Å². The van der Waals surface area contributed by atoms with Gasteiger partial charge in [0.05, 0.1) is 41.4 Å². The molecule has 0 aromatic carbocycles. The van der Waals surface area contributed by atoms with Gasteiger partial charge in [-0.1, -0.05) is 0 Å². The lowest BCUT2D eigenvalue weighted by Gasteiger charge is -2.20. The smallest absolute Gasteiger partial charge is 0.238 e. The van der Waals surface area contributed by atoms with Crippen LogP contribution in [0.5, 0.6) is 0 Å². The van der Waals surface area contributed by atoms with Crippen LogP contribution in [0, 0.1) is 6.92 Å². The summed E-state index contributed by atoms with van der Waals surface area (Å²) in [6, 6.07) is 4.15. The first-order valence-corrected chi connectivity index (χ1v) is 11.6. The molecule has 12 nitrogen and oxygen atoms in total. The van der Waals surface area contributed by atoms with Gasteiger partial charge in [-0.3, -0.25) is 19.4 Å². The molecule has 4 aromatic rings. The Hall–Kier alpha value is -4.06. The number of hydrogen-bond acceptors (Lipinski definition) is 9. The third kappa shape index (κ3) is 4.78. The Morgan fingerprint density at radius 2 is 2.03 bits per heavy atom. The molecule has 1 unspecified atom stereocenters. The molecule has 0 aliphatic carbocycles. The summed E-state index contributed by atoms with van der Waals surface area (Å²) in [4.78, 5) is 28.3. The van der Waals surface area contributed by atoms with Crippen molar-refractivity contribution in [2.75, 3.05) is 29.0 Å². The number of pyridine rings is 1. The van der Waals surface area contributed by atoms with Crippen LogP contribution in [0.1, 0.15) is 25.5 Å². The molecule has 5 rings (SSSR count). The Morgan fingerprint density at radius 1 is 1.17 bits per heavy atom. The maximum atomic E-state index is 12.6. The molecule has 35 heavy (non-hydrogen) atoms. The van der Waals surface area contributed by atoms with Crippen molar-refractivity contribution in [2.45, 2.75) is 32.7 Å². The number of carbonyl (C=O) groups is 1. The van der Waals surface area contributed by atoms with Gasteiger partial charge >= 0.3 is 0 Å². The maximum absolute atomic E-state index is 12.6. The molecule has 4 aromatic heterocycles. The second kappa shape index (κ2) is 9.29. The highest BCUT2D eigenvalue weighted by molar-refractivity contribution is 5.93. The average molecular weight is 476 g/mol. The van der Waals surface area contributed by atoms with Crippen molar-refractivity contribution in [1.82, 2.24) is 39.4 Å². The predicted octanol–water partition coefficient (Wildman–Crippen LogP) is 2.71. The quantitative estimate of drug-likeness (QED) is 0.369. The van der Waals surface area contributed by atoms with E-state index in [-0.39, 0.29) is 5.91 Å². The fraction of sp³-hybridized carbons (Fsp3) is 0.391. The summed E-state index contributed by atoms with van der Waals surface area (Å²) in [5.74, 6) is 1.80. The topological polar surface area (TPSA) is 131 Å². The third-order valence-corrected chi connectivity index (χ3v) is 6.30. The summed E-state index contributed by atoms with van der Waals surface area (Å²) in [5.41, 5.74) is 2.83. The molecule has 1 amide bonds. The third-order valence-electron chi connectivity index (χ3n) is 6.30. The van der Waals surface area contributed by atoms with Crippen LogP contribution in [0.2, 0.25) is 0 Å². The number of likely N-dealkylation sites (tertiary alicyclic amines) is 1. The molecule has 1 saturated heterocycles. The molecule has 1 aliphatic rings. The van der Waals surface area contributed by atoms with Crippen molar-refractivity contribution in [3.63, 3.8) is 0 Å². The second-order valence-corrected chi connectivity index (χ2v) is 8.86. The monoisotopic (exact) mass is 475 g/mol. The number of rotatable bonds is 7. The Balaban J connectivity index is 1.33. The van der Waals surface area contributed by atoms with E-state index in [2.05, 4.69) is 52.9 Å². The van der Waals surface area contributed by atoms with Gasteiger partial charge in [0.1, 0.15) is 5.82 Å². The van der Waals surface area contributed by atoms with Gasteiger partial charge in [0.15, 0.2) is 11.5 Å². The highest BCUT2D eigenvalue weighted by Crippen LogP contribution is 2.28. The van der Waals surface area contributed by atoms with Gasteiger partial charge < -0.3 is 16.0 Å². The van der Waals surface area contributed by atoms with E-state index in [0.29, 0.717) is 35.7 Å². The average Bonchev–Trinajstić information content (AvgIpc) is 3.51. The molecule has 3 N–H and O–H groups in total. The van der Waals surface area contributed by atoms with E-state index < -0.39 is 0 Å². The molecule has 0 spiro atoms. The molecular weight excluding hydrogens is 446 g/mol. The van der Waals surface area contributed by atoms with E-state index in [1.54, 1.807) is 28.0 Å². The van der Waals surface area contributed by atoms with Gasteiger partial charge in [-0.05, 0) is 39.3 Å². The fourth-order valence-electron chi connectivity index (χ4n) is 4.27. The number of amides is 1. The van der Waals surface area contributed by atoms with E-state index in [0.717, 1.165) is 42.0 Å². The van der Waals surface area contributed by atoms with Crippen LogP contribution in [0.25, 0.3) is 11.0 Å². The van der Waals surface area contributed by atoms with Gasteiger partial charge in [0, 0.05) is 32.4 Å². The summed E-state index contributed by atoms with van der Waals surface area (Å²) in [7, 11) is 3.67. The molecular formula is C23H29N11O. The lowest BCUT2D eigenvalue weighted by atomic mass is 10.2. The van der Waals surface area contributed by atoms with Crippen LogP contribution in [-0.4, -0.2) is 64.5 Å². The first-order valence-electron chi connectivity index (χ1n) is 11.6. The van der Waals surface area contributed by atoms with Crippen molar-refractivity contribution in [1.29, 1.82) is 0 Å². The molecule has 182 valence electrons. The van der Waals surface area contributed by atoms with Gasteiger partial charge in [-0.2, -0.15) is 15.2 Å². The normalized spacial score (nSPS) is 16.1. The van der Waals surface area contributed by atoms with Gasteiger partial charge in [0.25, 0.3) is 0 Å². The minimum Gasteiger partial charge on any atom is -0.337 e. The molecule has 0 radical (unpaired) electrons. The summed E-state index contributed by atoms with van der Waals surface area (Å²) in [6.45, 7) is 5.41. The van der Waals surface area contributed by atoms with Crippen LogP contribution in [0.4, 0.5) is 29.0 Å². The molecule has 1 aliphatic heterocycles. The Labute approximate surface area is 202 Å². The van der Waals surface area contributed by atoms with Crippen LogP contribution < -0.4 is 16.0 Å². The molecule has 1 atom stereocenters. The number of aromatic nitrogens is 7. The van der Waals surface area contributed by atoms with Gasteiger partial charge in [-0.15, -0.1) is 0 Å². The van der Waals surface area contributed by atoms with Crippen LogP contribution in [0.3, 0.4) is 0 Å². The first-order chi connectivity index (χ1) is 16.9. The Morgan fingerprint density at radius 3 is 2.77 bits per heavy atom. The molecule has 0 bridgehead atoms. The second-order valence-electron chi connectivity index (χ2n) is 8.86. The SMILES string of the molecule is Cc1ncc(NC(=O)CN2CCCC2C)cc1Nc1nn(C)c2nc(Nc3ccnn3C)ncc12. The van der Waals surface area contributed by atoms with Gasteiger partial charge in [0.2, 0.25) is 11.9 Å². The molecule has 12 heteroatoms. The highest BCUT2D eigenvalue weighted by Gasteiger charge is 2.22. The number of carbonyl (C=O) groups excluding carboxylic acids is 1. The Kier molecular flexibility index (Phi) is 6.03. The summed E-state index contributed by atoms with van der Waals surface area (Å²) < 4.78 is 3.40. The highest BCUT2D eigenvalue weighted by atomic mass is 16.2. The van der Waals surface area contributed by atoms with Crippen LogP contribution in [-0.2, 0) is 18.9 Å². The van der Waals surface area contributed by atoms with E-state index in [4.69, 9.17) is 0 Å². The zero-order chi connectivity index (χ0) is 24.5.